The maximum Gasteiger partial charge on any atom is 0.254 e. The Labute approximate surface area is 162 Å². The van der Waals surface area contributed by atoms with E-state index in [9.17, 15) is 29.1 Å². The Morgan fingerprint density at radius 2 is 1.64 bits per heavy atom. The number of unbranched alkanes of at least 4 members (excludes halogenated alkanes) is 2. The van der Waals surface area contributed by atoms with Crippen LogP contribution in [0.15, 0.2) is 12.2 Å². The summed E-state index contributed by atoms with van der Waals surface area (Å²) in [7, 11) is 0. The van der Waals surface area contributed by atoms with E-state index in [0.29, 0.717) is 45.2 Å². The summed E-state index contributed by atoms with van der Waals surface area (Å²) in [5.41, 5.74) is 4.27. The van der Waals surface area contributed by atoms with Crippen LogP contribution in [0.5, 0.6) is 0 Å². The summed E-state index contributed by atoms with van der Waals surface area (Å²) in [6.45, 7) is 0.0559. The second-order valence-corrected chi connectivity index (χ2v) is 6.99. The lowest BCUT2D eigenvalue weighted by Gasteiger charge is -2.36. The number of hydrogen-bond donors (Lipinski definition) is 4. The molecule has 1 aliphatic carbocycles. The zero-order chi connectivity index (χ0) is 20.7. The molecule has 0 bridgehead atoms. The fourth-order valence-corrected chi connectivity index (χ4v) is 3.24. The first-order chi connectivity index (χ1) is 13.3. The van der Waals surface area contributed by atoms with E-state index in [4.69, 9.17) is 5.73 Å². The van der Waals surface area contributed by atoms with E-state index in [0.717, 1.165) is 23.5 Å². The van der Waals surface area contributed by atoms with Crippen LogP contribution in [0.3, 0.4) is 0 Å². The van der Waals surface area contributed by atoms with Gasteiger partial charge in [-0.1, -0.05) is 6.42 Å². The number of imide groups is 1. The van der Waals surface area contributed by atoms with Crippen LogP contribution in [0.25, 0.3) is 0 Å². The Bertz CT molecular complexity index is 668. The van der Waals surface area contributed by atoms with E-state index in [1.54, 1.807) is 0 Å². The van der Waals surface area contributed by atoms with Crippen molar-refractivity contribution in [1.82, 2.24) is 15.5 Å². The van der Waals surface area contributed by atoms with Crippen molar-refractivity contribution in [3.63, 3.8) is 0 Å². The van der Waals surface area contributed by atoms with Crippen molar-refractivity contribution in [3.05, 3.63) is 12.2 Å². The minimum Gasteiger partial charge on any atom is -0.394 e. The van der Waals surface area contributed by atoms with Crippen LogP contribution < -0.4 is 16.4 Å². The Balaban J connectivity index is 1.61. The Morgan fingerprint density at radius 3 is 2.11 bits per heavy atom. The largest absolute Gasteiger partial charge is 0.394 e. The van der Waals surface area contributed by atoms with Gasteiger partial charge in [-0.15, -0.1) is 0 Å². The van der Waals surface area contributed by atoms with Crippen molar-refractivity contribution in [2.45, 2.75) is 44.6 Å². The second-order valence-electron chi connectivity index (χ2n) is 6.99. The van der Waals surface area contributed by atoms with Gasteiger partial charge in [0.05, 0.1) is 6.61 Å². The number of nitrogens with one attached hydrogen (secondary N) is 2. The van der Waals surface area contributed by atoms with Gasteiger partial charge in [0.1, 0.15) is 11.5 Å². The minimum absolute atomic E-state index is 0.304. The normalized spacial score (nSPS) is 18.5. The molecule has 0 aromatic heterocycles. The summed E-state index contributed by atoms with van der Waals surface area (Å²) in [5.74, 6) is -2.76. The molecule has 0 unspecified atom stereocenters. The highest BCUT2D eigenvalue weighted by atomic mass is 16.3. The van der Waals surface area contributed by atoms with Gasteiger partial charge in [0.25, 0.3) is 11.8 Å². The van der Waals surface area contributed by atoms with Crippen molar-refractivity contribution >= 4 is 29.5 Å². The van der Waals surface area contributed by atoms with E-state index >= 15 is 0 Å². The van der Waals surface area contributed by atoms with Crippen LogP contribution in [-0.4, -0.2) is 65.3 Å². The number of amides is 5. The second kappa shape index (κ2) is 9.45. The van der Waals surface area contributed by atoms with Crippen LogP contribution in [0.1, 0.15) is 38.5 Å². The van der Waals surface area contributed by atoms with E-state index < -0.39 is 41.7 Å². The molecule has 5 amide bonds. The number of nitrogens with two attached hydrogens (primary N) is 1. The zero-order valence-electron chi connectivity index (χ0n) is 15.6. The standard InChI is InChI=1S/C18H26N4O6/c19-16(27)18(7-4-8-18)17(28)21-10-3-1-2-9-20-15(26)12(11-23)22-13(24)5-6-14(22)25/h5-6,12,23H,1-4,7-11H2,(H2,19,27)(H,20,26)(H,21,28)/t12-/m0/s1. The smallest absolute Gasteiger partial charge is 0.254 e. The monoisotopic (exact) mass is 394 g/mol. The minimum atomic E-state index is -1.25. The lowest BCUT2D eigenvalue weighted by Crippen LogP contribution is -2.54. The van der Waals surface area contributed by atoms with Gasteiger partial charge < -0.3 is 21.5 Å². The summed E-state index contributed by atoms with van der Waals surface area (Å²) in [6, 6.07) is -1.25. The number of carbonyl (C=O) groups excluding carboxylic acids is 5. The molecule has 0 aromatic carbocycles. The van der Waals surface area contributed by atoms with E-state index in [1.807, 2.05) is 0 Å². The van der Waals surface area contributed by atoms with Gasteiger partial charge in [-0.25, -0.2) is 0 Å². The van der Waals surface area contributed by atoms with Crippen molar-refractivity contribution in [3.8, 4) is 0 Å². The molecule has 10 nitrogen and oxygen atoms in total. The third-order valence-electron chi connectivity index (χ3n) is 5.18. The first-order valence-electron chi connectivity index (χ1n) is 9.35. The summed E-state index contributed by atoms with van der Waals surface area (Å²) < 4.78 is 0. The van der Waals surface area contributed by atoms with Gasteiger partial charge in [0.15, 0.2) is 0 Å². The number of carbonyl (C=O) groups is 5. The highest BCUT2D eigenvalue weighted by Crippen LogP contribution is 2.40. The SMILES string of the molecule is NC(=O)C1(C(=O)NCCCCCNC(=O)[C@H](CO)N2C(=O)C=CC2=O)CCC1. The van der Waals surface area contributed by atoms with Crippen molar-refractivity contribution in [2.75, 3.05) is 19.7 Å². The number of nitrogens with zero attached hydrogens (tertiary/aromatic N) is 1. The Hall–Kier alpha value is -2.75. The molecule has 5 N–H and O–H groups in total. The molecule has 1 saturated carbocycles. The first-order valence-corrected chi connectivity index (χ1v) is 9.35. The maximum atomic E-state index is 12.1. The molecule has 10 heteroatoms. The average molecular weight is 394 g/mol. The number of rotatable bonds is 11. The molecule has 0 aromatic rings. The first kappa shape index (κ1) is 21.5. The van der Waals surface area contributed by atoms with Gasteiger partial charge >= 0.3 is 0 Å². The highest BCUT2D eigenvalue weighted by molar-refractivity contribution is 6.15. The van der Waals surface area contributed by atoms with Crippen molar-refractivity contribution in [1.29, 1.82) is 0 Å². The molecule has 2 rings (SSSR count). The van der Waals surface area contributed by atoms with Gasteiger partial charge in [-0.3, -0.25) is 28.9 Å². The van der Waals surface area contributed by atoms with Crippen LogP contribution in [0, 0.1) is 5.41 Å². The van der Waals surface area contributed by atoms with Gasteiger partial charge in [-0.2, -0.15) is 0 Å². The number of hydrogen-bond acceptors (Lipinski definition) is 6. The van der Waals surface area contributed by atoms with Crippen molar-refractivity contribution < 1.29 is 29.1 Å². The molecule has 0 radical (unpaired) electrons. The Kier molecular flexibility index (Phi) is 7.27. The number of aliphatic hydroxyl groups excluding tert-OH is 1. The predicted molar refractivity (Wildman–Crippen MR) is 97.2 cm³/mol. The fourth-order valence-electron chi connectivity index (χ4n) is 3.24. The van der Waals surface area contributed by atoms with Gasteiger partial charge in [-0.05, 0) is 32.1 Å². The quantitative estimate of drug-likeness (QED) is 0.186. The lowest BCUT2D eigenvalue weighted by molar-refractivity contribution is -0.148. The van der Waals surface area contributed by atoms with E-state index in [-0.39, 0.29) is 5.91 Å². The molecule has 28 heavy (non-hydrogen) atoms. The third kappa shape index (κ3) is 4.56. The highest BCUT2D eigenvalue weighted by Gasteiger charge is 2.49. The van der Waals surface area contributed by atoms with Gasteiger partial charge in [0.2, 0.25) is 17.7 Å². The molecule has 1 fully saturated rings. The summed E-state index contributed by atoms with van der Waals surface area (Å²) in [5, 5.41) is 14.7. The molecule has 154 valence electrons. The third-order valence-corrected chi connectivity index (χ3v) is 5.18. The van der Waals surface area contributed by atoms with Crippen LogP contribution in [0.4, 0.5) is 0 Å². The van der Waals surface area contributed by atoms with Gasteiger partial charge in [0, 0.05) is 25.2 Å². The number of primary amides is 1. The van der Waals surface area contributed by atoms with Crippen LogP contribution in [0.2, 0.25) is 0 Å². The Morgan fingerprint density at radius 1 is 1.07 bits per heavy atom. The molecule has 1 heterocycles. The molecule has 1 aliphatic heterocycles. The summed E-state index contributed by atoms with van der Waals surface area (Å²) in [4.78, 5) is 59.6. The number of aliphatic hydroxyl groups is 1. The molecular weight excluding hydrogens is 368 g/mol. The molecule has 0 saturated heterocycles. The zero-order valence-corrected chi connectivity index (χ0v) is 15.6. The topological polar surface area (TPSA) is 159 Å². The predicted octanol–water partition coefficient (Wildman–Crippen LogP) is -1.67. The van der Waals surface area contributed by atoms with Crippen LogP contribution >= 0.6 is 0 Å². The van der Waals surface area contributed by atoms with Crippen LogP contribution in [-0.2, 0) is 24.0 Å². The van der Waals surface area contributed by atoms with Crippen molar-refractivity contribution in [2.24, 2.45) is 11.1 Å². The van der Waals surface area contributed by atoms with E-state index in [1.165, 1.54) is 0 Å². The summed E-state index contributed by atoms with van der Waals surface area (Å²) in [6.07, 6.45) is 5.88. The summed E-state index contributed by atoms with van der Waals surface area (Å²) >= 11 is 0. The molecule has 2 aliphatic rings. The molecular formula is C18H26N4O6. The average Bonchev–Trinajstić information content (AvgIpc) is 2.92. The molecule has 1 atom stereocenters. The molecule has 0 spiro atoms. The fraction of sp³-hybridized carbons (Fsp3) is 0.611. The van der Waals surface area contributed by atoms with E-state index in [2.05, 4.69) is 10.6 Å². The lowest BCUT2D eigenvalue weighted by atomic mass is 9.67. The maximum absolute atomic E-state index is 12.1.